The third-order valence-corrected chi connectivity index (χ3v) is 5.20. The summed E-state index contributed by atoms with van der Waals surface area (Å²) < 4.78 is 5.23. The van der Waals surface area contributed by atoms with E-state index in [0.29, 0.717) is 0 Å². The average molecular weight is 353 g/mol. The second-order valence-electron chi connectivity index (χ2n) is 7.36. The molecule has 26 heavy (non-hydrogen) atoms. The first-order valence-electron chi connectivity index (χ1n) is 10.6. The monoisotopic (exact) mass is 352 g/mol. The zero-order valence-electron chi connectivity index (χ0n) is 16.8. The maximum Gasteiger partial charge on any atom is 0.118 e. The normalized spacial score (nSPS) is 10.8. The lowest BCUT2D eigenvalue weighted by atomic mass is 10.0. The molecule has 2 rings (SSSR count). The average Bonchev–Trinajstić information content (AvgIpc) is 2.70. The molecule has 0 aliphatic heterocycles. The number of rotatable bonds is 13. The third kappa shape index (κ3) is 7.64. The highest BCUT2D eigenvalue weighted by molar-refractivity contribution is 5.64. The molecule has 0 amide bonds. The summed E-state index contributed by atoms with van der Waals surface area (Å²) in [6, 6.07) is 17.3. The van der Waals surface area contributed by atoms with Gasteiger partial charge < -0.3 is 4.74 Å². The Bertz CT molecular complexity index is 583. The van der Waals surface area contributed by atoms with Crippen molar-refractivity contribution < 1.29 is 4.74 Å². The number of aryl methyl sites for hydroxylation is 1. The molecule has 0 radical (unpaired) electrons. The van der Waals surface area contributed by atoms with Gasteiger partial charge in [-0.2, -0.15) is 0 Å². The molecule has 0 saturated carbocycles. The van der Waals surface area contributed by atoms with E-state index in [2.05, 4.69) is 43.3 Å². The molecule has 0 aromatic heterocycles. The van der Waals surface area contributed by atoms with Gasteiger partial charge in [0.05, 0.1) is 7.11 Å². The Hall–Kier alpha value is -1.76. The second-order valence-corrected chi connectivity index (χ2v) is 7.36. The van der Waals surface area contributed by atoms with E-state index in [1.165, 1.54) is 87.3 Å². The fourth-order valence-corrected chi connectivity index (χ4v) is 3.46. The maximum atomic E-state index is 5.23. The van der Waals surface area contributed by atoms with Crippen LogP contribution < -0.4 is 4.74 Å². The van der Waals surface area contributed by atoms with Gasteiger partial charge in [-0.05, 0) is 41.7 Å². The molecule has 0 aliphatic rings. The van der Waals surface area contributed by atoms with Crippen LogP contribution >= 0.6 is 0 Å². The van der Waals surface area contributed by atoms with Crippen molar-refractivity contribution in [3.63, 3.8) is 0 Å². The van der Waals surface area contributed by atoms with E-state index in [-0.39, 0.29) is 0 Å². The van der Waals surface area contributed by atoms with Crippen molar-refractivity contribution in [2.45, 2.75) is 77.6 Å². The van der Waals surface area contributed by atoms with Gasteiger partial charge in [-0.3, -0.25) is 0 Å². The first-order chi connectivity index (χ1) is 12.8. The van der Waals surface area contributed by atoms with Crippen LogP contribution in [0.5, 0.6) is 5.75 Å². The quantitative estimate of drug-likeness (QED) is 0.334. The molecule has 1 nitrogen and oxygen atoms in total. The predicted octanol–water partition coefficient (Wildman–Crippen LogP) is 7.83. The SMILES string of the molecule is CCCCCCCCCCCCc1ccc(-c2ccc(OC)cc2)cc1. The van der Waals surface area contributed by atoms with E-state index < -0.39 is 0 Å². The van der Waals surface area contributed by atoms with Crippen molar-refractivity contribution >= 4 is 0 Å². The Kier molecular flexibility index (Phi) is 9.94. The summed E-state index contributed by atoms with van der Waals surface area (Å²) in [5, 5.41) is 0. The van der Waals surface area contributed by atoms with Crippen molar-refractivity contribution in [3.05, 3.63) is 54.1 Å². The van der Waals surface area contributed by atoms with Gasteiger partial charge in [0, 0.05) is 0 Å². The number of benzene rings is 2. The zero-order chi connectivity index (χ0) is 18.5. The zero-order valence-corrected chi connectivity index (χ0v) is 16.8. The van der Waals surface area contributed by atoms with Crippen LogP contribution in [0.3, 0.4) is 0 Å². The number of hydrogen-bond acceptors (Lipinski definition) is 1. The molecule has 2 aromatic rings. The number of ether oxygens (including phenoxy) is 1. The Morgan fingerprint density at radius 3 is 1.54 bits per heavy atom. The van der Waals surface area contributed by atoms with Gasteiger partial charge >= 0.3 is 0 Å². The largest absolute Gasteiger partial charge is 0.497 e. The molecule has 0 fully saturated rings. The summed E-state index contributed by atoms with van der Waals surface area (Å²) >= 11 is 0. The minimum absolute atomic E-state index is 0.909. The molecule has 0 N–H and O–H groups in total. The Balaban J connectivity index is 1.60. The van der Waals surface area contributed by atoms with Crippen molar-refractivity contribution in [2.24, 2.45) is 0 Å². The van der Waals surface area contributed by atoms with Crippen LogP contribution in [0.15, 0.2) is 48.5 Å². The molecule has 2 aromatic carbocycles. The third-order valence-electron chi connectivity index (χ3n) is 5.20. The standard InChI is InChI=1S/C25H36O/c1-3-4-5-6-7-8-9-10-11-12-13-22-14-16-23(17-15-22)24-18-20-25(26-2)21-19-24/h14-21H,3-13H2,1-2H3. The Morgan fingerprint density at radius 1 is 0.577 bits per heavy atom. The smallest absolute Gasteiger partial charge is 0.118 e. The second kappa shape index (κ2) is 12.6. The van der Waals surface area contributed by atoms with Gasteiger partial charge in [-0.15, -0.1) is 0 Å². The molecule has 0 spiro atoms. The summed E-state index contributed by atoms with van der Waals surface area (Å²) in [4.78, 5) is 0. The molecule has 0 aliphatic carbocycles. The van der Waals surface area contributed by atoms with E-state index in [4.69, 9.17) is 4.74 Å². The fourth-order valence-electron chi connectivity index (χ4n) is 3.46. The molecule has 0 heterocycles. The number of methoxy groups -OCH3 is 1. The fraction of sp³-hybridized carbons (Fsp3) is 0.520. The lowest BCUT2D eigenvalue weighted by molar-refractivity contribution is 0.415. The van der Waals surface area contributed by atoms with Gasteiger partial charge in [0.2, 0.25) is 0 Å². The first kappa shape index (κ1) is 20.6. The maximum absolute atomic E-state index is 5.23. The van der Waals surface area contributed by atoms with E-state index >= 15 is 0 Å². The van der Waals surface area contributed by atoms with Crippen LogP contribution in [0.1, 0.15) is 76.7 Å². The highest BCUT2D eigenvalue weighted by Crippen LogP contribution is 2.23. The highest BCUT2D eigenvalue weighted by Gasteiger charge is 2.00. The Morgan fingerprint density at radius 2 is 1.04 bits per heavy atom. The topological polar surface area (TPSA) is 9.23 Å². The van der Waals surface area contributed by atoms with Gasteiger partial charge in [0.25, 0.3) is 0 Å². The van der Waals surface area contributed by atoms with Crippen LogP contribution in [0, 0.1) is 0 Å². The van der Waals surface area contributed by atoms with Crippen molar-refractivity contribution in [3.8, 4) is 16.9 Å². The summed E-state index contributed by atoms with van der Waals surface area (Å²) in [5.74, 6) is 0.909. The molecule has 0 saturated heterocycles. The molecule has 1 heteroatoms. The van der Waals surface area contributed by atoms with Crippen LogP contribution in [-0.2, 0) is 6.42 Å². The van der Waals surface area contributed by atoms with E-state index in [9.17, 15) is 0 Å². The first-order valence-corrected chi connectivity index (χ1v) is 10.6. The van der Waals surface area contributed by atoms with Crippen molar-refractivity contribution in [2.75, 3.05) is 7.11 Å². The number of hydrogen-bond donors (Lipinski definition) is 0. The predicted molar refractivity (Wildman–Crippen MR) is 114 cm³/mol. The lowest BCUT2D eigenvalue weighted by Gasteiger charge is -2.06. The Labute approximate surface area is 160 Å². The number of unbranched alkanes of at least 4 members (excludes halogenated alkanes) is 9. The molecular weight excluding hydrogens is 316 g/mol. The summed E-state index contributed by atoms with van der Waals surface area (Å²) in [6.45, 7) is 2.28. The molecule has 142 valence electrons. The van der Waals surface area contributed by atoms with Crippen molar-refractivity contribution in [1.82, 2.24) is 0 Å². The molecule has 0 unspecified atom stereocenters. The molecule has 0 atom stereocenters. The van der Waals surface area contributed by atoms with E-state index in [1.54, 1.807) is 7.11 Å². The van der Waals surface area contributed by atoms with Gasteiger partial charge in [0.15, 0.2) is 0 Å². The van der Waals surface area contributed by atoms with Crippen LogP contribution in [-0.4, -0.2) is 7.11 Å². The van der Waals surface area contributed by atoms with E-state index in [0.717, 1.165) is 5.75 Å². The summed E-state index contributed by atoms with van der Waals surface area (Å²) in [6.07, 6.45) is 15.2. The highest BCUT2D eigenvalue weighted by atomic mass is 16.5. The minimum atomic E-state index is 0.909. The summed E-state index contributed by atoms with van der Waals surface area (Å²) in [7, 11) is 1.71. The van der Waals surface area contributed by atoms with Crippen molar-refractivity contribution in [1.29, 1.82) is 0 Å². The van der Waals surface area contributed by atoms with Crippen LogP contribution in [0.2, 0.25) is 0 Å². The van der Waals surface area contributed by atoms with Crippen LogP contribution in [0.4, 0.5) is 0 Å². The molecular formula is C25H36O. The van der Waals surface area contributed by atoms with Gasteiger partial charge in [-0.1, -0.05) is 101 Å². The van der Waals surface area contributed by atoms with Gasteiger partial charge in [0.1, 0.15) is 5.75 Å². The lowest BCUT2D eigenvalue weighted by Crippen LogP contribution is -1.87. The van der Waals surface area contributed by atoms with Crippen LogP contribution in [0.25, 0.3) is 11.1 Å². The minimum Gasteiger partial charge on any atom is -0.497 e. The van der Waals surface area contributed by atoms with Gasteiger partial charge in [-0.25, -0.2) is 0 Å². The summed E-state index contributed by atoms with van der Waals surface area (Å²) in [5.41, 5.74) is 3.98. The van der Waals surface area contributed by atoms with E-state index in [1.807, 2.05) is 12.1 Å². The molecule has 0 bridgehead atoms.